The van der Waals surface area contributed by atoms with Crippen LogP contribution >= 0.6 is 0 Å². The number of aromatic nitrogens is 1. The molecule has 3 nitrogen and oxygen atoms in total. The highest BCUT2D eigenvalue weighted by Crippen LogP contribution is 2.36. The minimum Gasteiger partial charge on any atom is -0.312 e. The highest BCUT2D eigenvalue weighted by Gasteiger charge is 2.22. The minimum absolute atomic E-state index is 0.0333. The lowest BCUT2D eigenvalue weighted by molar-refractivity contribution is -0.417. The van der Waals surface area contributed by atoms with E-state index in [1.54, 1.807) is 12.5 Å². The average molecular weight is 393 g/mol. The van der Waals surface area contributed by atoms with Crippen molar-refractivity contribution in [1.29, 1.82) is 0 Å². The molecule has 0 unspecified atom stereocenters. The fraction of sp³-hybridized carbons (Fsp3) is 0.148. The summed E-state index contributed by atoms with van der Waals surface area (Å²) in [5.41, 5.74) is 5.46. The molecule has 5 rings (SSSR count). The van der Waals surface area contributed by atoms with E-state index >= 15 is 0 Å². The zero-order chi connectivity index (χ0) is 20.9. The van der Waals surface area contributed by atoms with Gasteiger partial charge in [-0.15, -0.1) is 0 Å². The molecule has 2 aromatic heterocycles. The Labute approximate surface area is 176 Å². The second-order valence-electron chi connectivity index (χ2n) is 8.78. The van der Waals surface area contributed by atoms with Gasteiger partial charge >= 0.3 is 0 Å². The largest absolute Gasteiger partial charge is 0.312 e. The molecular weight excluding hydrogens is 368 g/mol. The van der Waals surface area contributed by atoms with Crippen LogP contribution in [0.25, 0.3) is 27.3 Å². The van der Waals surface area contributed by atoms with Crippen molar-refractivity contribution in [2.24, 2.45) is 0 Å². The van der Waals surface area contributed by atoms with Crippen molar-refractivity contribution in [1.82, 2.24) is 4.98 Å². The van der Waals surface area contributed by atoms with Crippen LogP contribution in [0, 0.1) is 6.04 Å². The monoisotopic (exact) mass is 392 g/mol. The van der Waals surface area contributed by atoms with Crippen LogP contribution in [0.3, 0.4) is 0 Å². The summed E-state index contributed by atoms with van der Waals surface area (Å²) in [6, 6.07) is 16.2. The standard InChI is InChI=1S/C27H24N2O/c1-27(2,3)24-14-20(13-18-7-5-6-8-21(18)24)25-15-19(9-11-29(25)4)23-16-28-17-26-22(23)10-12-30-26/h5-17H,4H2,1-3H3. The van der Waals surface area contributed by atoms with Crippen LogP contribution < -0.4 is 0 Å². The Morgan fingerprint density at radius 1 is 1.10 bits per heavy atom. The molecule has 0 radical (unpaired) electrons. The molecule has 4 aromatic rings. The number of hydrogen-bond donors (Lipinski definition) is 0. The molecule has 0 spiro atoms. The normalized spacial score (nSPS) is 14.6. The number of nitrogens with zero attached hydrogens (tertiary/aromatic N) is 2. The summed E-state index contributed by atoms with van der Waals surface area (Å²) in [6.07, 6.45) is 11.6. The first-order valence-electron chi connectivity index (χ1n) is 10.1. The maximum absolute atomic E-state index is 5.54. The summed E-state index contributed by atoms with van der Waals surface area (Å²) < 4.78 is 7.47. The molecule has 1 aliphatic rings. The zero-order valence-electron chi connectivity index (χ0n) is 17.5. The van der Waals surface area contributed by atoms with Crippen LogP contribution in [0.2, 0.25) is 0 Å². The van der Waals surface area contributed by atoms with E-state index < -0.39 is 0 Å². The molecule has 0 saturated heterocycles. The second-order valence-corrected chi connectivity index (χ2v) is 8.78. The van der Waals surface area contributed by atoms with E-state index in [0.717, 1.165) is 33.7 Å². The number of furan rings is 1. The van der Waals surface area contributed by atoms with Gasteiger partial charge in [0.2, 0.25) is 6.26 Å². The molecule has 0 N–H and O–H groups in total. The fourth-order valence-corrected chi connectivity index (χ4v) is 4.15. The maximum atomic E-state index is 5.54. The average Bonchev–Trinajstić information content (AvgIpc) is 3.22. The van der Waals surface area contributed by atoms with E-state index in [9.17, 15) is 0 Å². The van der Waals surface area contributed by atoms with Gasteiger partial charge in [-0.3, -0.25) is 9.56 Å². The number of pyridine rings is 1. The van der Waals surface area contributed by atoms with Crippen LogP contribution in [0.15, 0.2) is 83.9 Å². The Hall–Kier alpha value is -3.59. The van der Waals surface area contributed by atoms with Crippen LogP contribution in [0.4, 0.5) is 0 Å². The third-order valence-corrected chi connectivity index (χ3v) is 5.69. The van der Waals surface area contributed by atoms with Gasteiger partial charge < -0.3 is 4.42 Å². The topological polar surface area (TPSA) is 27.2 Å². The first kappa shape index (κ1) is 18.4. The number of hydrogen-bond acceptors (Lipinski definition) is 1. The number of fused-ring (bicyclic) bond motifs is 2. The van der Waals surface area contributed by atoms with E-state index in [4.69, 9.17) is 4.42 Å². The van der Waals surface area contributed by atoms with E-state index in [0.29, 0.717) is 0 Å². The Kier molecular flexibility index (Phi) is 4.14. The highest BCUT2D eigenvalue weighted by molar-refractivity contribution is 5.94. The maximum Gasteiger partial charge on any atom is 0.283 e. The predicted molar refractivity (Wildman–Crippen MR) is 124 cm³/mol. The second kappa shape index (κ2) is 6.74. The van der Waals surface area contributed by atoms with Gasteiger partial charge in [-0.25, -0.2) is 0 Å². The molecular formula is C27H24N2O. The molecule has 30 heavy (non-hydrogen) atoms. The van der Waals surface area contributed by atoms with Crippen LogP contribution in [-0.2, 0) is 5.41 Å². The van der Waals surface area contributed by atoms with Crippen LogP contribution in [-0.4, -0.2) is 16.3 Å². The lowest BCUT2D eigenvalue weighted by Gasteiger charge is -2.27. The Bertz CT molecular complexity index is 1350. The van der Waals surface area contributed by atoms with Gasteiger partial charge in [0.15, 0.2) is 0 Å². The molecule has 3 heteroatoms. The van der Waals surface area contributed by atoms with Crippen LogP contribution in [0.5, 0.6) is 0 Å². The number of rotatable bonds is 2. The molecule has 0 atom stereocenters. The van der Waals surface area contributed by atoms with E-state index in [2.05, 4.69) is 81.0 Å². The summed E-state index contributed by atoms with van der Waals surface area (Å²) in [5, 5.41) is 3.60. The van der Waals surface area contributed by atoms with Crippen molar-refractivity contribution in [2.75, 3.05) is 0 Å². The Morgan fingerprint density at radius 3 is 2.77 bits per heavy atom. The zero-order valence-corrected chi connectivity index (χ0v) is 17.5. The van der Waals surface area contributed by atoms with Gasteiger partial charge in [0.25, 0.3) is 5.58 Å². The minimum atomic E-state index is 0.0333. The summed E-state index contributed by atoms with van der Waals surface area (Å²) in [4.78, 5) is 4.36. The van der Waals surface area contributed by atoms with Gasteiger partial charge in [0.05, 0.1) is 12.9 Å². The van der Waals surface area contributed by atoms with E-state index in [-0.39, 0.29) is 5.41 Å². The van der Waals surface area contributed by atoms with Gasteiger partial charge in [-0.2, -0.15) is 0 Å². The van der Waals surface area contributed by atoms with Crippen molar-refractivity contribution in [2.45, 2.75) is 26.2 Å². The predicted octanol–water partition coefficient (Wildman–Crippen LogP) is 6.48. The van der Waals surface area contributed by atoms with E-state index in [1.807, 2.05) is 23.0 Å². The molecule has 0 saturated carbocycles. The van der Waals surface area contributed by atoms with Gasteiger partial charge in [-0.05, 0) is 39.4 Å². The van der Waals surface area contributed by atoms with Crippen LogP contribution in [0.1, 0.15) is 37.5 Å². The van der Waals surface area contributed by atoms with Crippen molar-refractivity contribution < 1.29 is 8.99 Å². The number of allylic oxidation sites excluding steroid dienone is 2. The Balaban J connectivity index is 1.68. The fourth-order valence-electron chi connectivity index (χ4n) is 4.15. The van der Waals surface area contributed by atoms with Crippen molar-refractivity contribution >= 4 is 34.0 Å². The van der Waals surface area contributed by atoms with Gasteiger partial charge in [0, 0.05) is 0 Å². The molecule has 0 bridgehead atoms. The first-order valence-corrected chi connectivity index (χ1v) is 10.1. The summed E-state index contributed by atoms with van der Waals surface area (Å²) in [7, 11) is 0. The third-order valence-electron chi connectivity index (χ3n) is 5.69. The smallest absolute Gasteiger partial charge is 0.283 e. The molecule has 0 fully saturated rings. The van der Waals surface area contributed by atoms with Crippen molar-refractivity contribution in [3.63, 3.8) is 0 Å². The first-order chi connectivity index (χ1) is 14.4. The lowest BCUT2D eigenvalue weighted by atomic mass is 9.81. The molecule has 1 aliphatic heterocycles. The number of benzene rings is 2. The van der Waals surface area contributed by atoms with Gasteiger partial charge in [-0.1, -0.05) is 86.0 Å². The quantitative estimate of drug-likeness (QED) is 0.222. The lowest BCUT2D eigenvalue weighted by Crippen LogP contribution is -2.17. The molecule has 0 aliphatic carbocycles. The van der Waals surface area contributed by atoms with Crippen molar-refractivity contribution in [3.05, 3.63) is 102 Å². The molecule has 148 valence electrons. The van der Waals surface area contributed by atoms with Gasteiger partial charge in [0.1, 0.15) is 12.2 Å². The summed E-state index contributed by atoms with van der Waals surface area (Å²) in [5.74, 6) is 0. The third kappa shape index (κ3) is 3.03. The molecule has 0 amide bonds. The van der Waals surface area contributed by atoms with E-state index in [1.165, 1.54) is 16.3 Å². The van der Waals surface area contributed by atoms with Crippen molar-refractivity contribution in [3.8, 4) is 0 Å². The molecule has 3 heterocycles. The summed E-state index contributed by atoms with van der Waals surface area (Å²) >= 11 is 0. The summed E-state index contributed by atoms with van der Waals surface area (Å²) in [6.45, 7) is 11.0. The molecule has 2 aromatic carbocycles. The Morgan fingerprint density at radius 2 is 1.93 bits per heavy atom. The highest BCUT2D eigenvalue weighted by atomic mass is 16.3. The SMILES string of the molecule is C=[N+]1C=CC(c2cnc[c-]3[o+]ccc23)=C[C-]1c1cc(C(C)(C)C)c2ccccc2c1.